The molecular weight excluding hydrogens is 214 g/mol. The van der Waals surface area contributed by atoms with Crippen LogP contribution in [0.2, 0.25) is 0 Å². The molecule has 1 amide bonds. The van der Waals surface area contributed by atoms with Crippen molar-refractivity contribution < 1.29 is 14.5 Å². The molecule has 1 atom stereocenters. The van der Waals surface area contributed by atoms with Crippen LogP contribution in [0.3, 0.4) is 0 Å². The predicted octanol–water partition coefficient (Wildman–Crippen LogP) is 0.317. The Hall–Kier alpha value is -2.31. The maximum atomic E-state index is 11.4. The standard InChI is InChI=1S/C9H7N3O4/c1-16-8-3-6-5(2-7(8)12(14)15)9(13)11-4-10-6/h2-5H,1H3. The first-order valence-corrected chi connectivity index (χ1v) is 4.40. The summed E-state index contributed by atoms with van der Waals surface area (Å²) in [7, 11) is 1.32. The maximum absolute atomic E-state index is 11.4. The van der Waals surface area contributed by atoms with Crippen molar-refractivity contribution in [2.45, 2.75) is 0 Å². The van der Waals surface area contributed by atoms with Crippen molar-refractivity contribution in [3.05, 3.63) is 33.7 Å². The van der Waals surface area contributed by atoms with Crippen molar-refractivity contribution in [1.82, 2.24) is 0 Å². The number of carbonyl (C=O) groups is 1. The molecule has 7 heteroatoms. The molecule has 0 aromatic carbocycles. The van der Waals surface area contributed by atoms with Crippen molar-refractivity contribution in [2.24, 2.45) is 15.9 Å². The van der Waals surface area contributed by atoms with Crippen LogP contribution in [-0.2, 0) is 9.53 Å². The summed E-state index contributed by atoms with van der Waals surface area (Å²) in [5.74, 6) is -1.15. The molecule has 2 rings (SSSR count). The van der Waals surface area contributed by atoms with E-state index < -0.39 is 16.7 Å². The minimum absolute atomic E-state index is 0.0862. The number of carbonyl (C=O) groups excluding carboxylic acids is 1. The molecule has 0 aromatic heterocycles. The number of hydrogen-bond donors (Lipinski definition) is 0. The molecule has 16 heavy (non-hydrogen) atoms. The van der Waals surface area contributed by atoms with E-state index >= 15 is 0 Å². The summed E-state index contributed by atoms with van der Waals surface area (Å²) in [6.45, 7) is 0. The number of fused-ring (bicyclic) bond motifs is 1. The van der Waals surface area contributed by atoms with E-state index in [0.717, 1.165) is 6.34 Å². The van der Waals surface area contributed by atoms with Crippen LogP contribution in [0, 0.1) is 16.0 Å². The quantitative estimate of drug-likeness (QED) is 0.495. The fourth-order valence-corrected chi connectivity index (χ4v) is 1.49. The molecule has 0 radical (unpaired) electrons. The van der Waals surface area contributed by atoms with Crippen LogP contribution in [0.15, 0.2) is 33.6 Å². The summed E-state index contributed by atoms with van der Waals surface area (Å²) in [6, 6.07) is 0. The highest BCUT2D eigenvalue weighted by molar-refractivity contribution is 6.18. The molecule has 1 aliphatic carbocycles. The molecule has 0 fully saturated rings. The summed E-state index contributed by atoms with van der Waals surface area (Å²) < 4.78 is 4.86. The average molecular weight is 221 g/mol. The third-order valence-electron chi connectivity index (χ3n) is 2.25. The van der Waals surface area contributed by atoms with Gasteiger partial charge in [0.2, 0.25) is 0 Å². The van der Waals surface area contributed by atoms with Crippen LogP contribution in [-0.4, -0.2) is 30.0 Å². The van der Waals surface area contributed by atoms with Gasteiger partial charge in [0, 0.05) is 12.2 Å². The molecule has 0 saturated heterocycles. The average Bonchev–Trinajstić information content (AvgIpc) is 2.27. The number of methoxy groups -OCH3 is 1. The lowest BCUT2D eigenvalue weighted by molar-refractivity contribution is -0.424. The lowest BCUT2D eigenvalue weighted by Crippen LogP contribution is -2.28. The minimum atomic E-state index is -0.774. The van der Waals surface area contributed by atoms with Gasteiger partial charge in [0.1, 0.15) is 12.3 Å². The van der Waals surface area contributed by atoms with Gasteiger partial charge in [0.25, 0.3) is 5.91 Å². The first-order chi connectivity index (χ1) is 7.63. The molecule has 1 aliphatic heterocycles. The molecule has 2 aliphatic rings. The third kappa shape index (κ3) is 1.52. The first-order valence-electron chi connectivity index (χ1n) is 4.40. The van der Waals surface area contributed by atoms with Crippen molar-refractivity contribution in [2.75, 3.05) is 7.11 Å². The number of allylic oxidation sites excluding steroid dienone is 1. The second-order valence-corrected chi connectivity index (χ2v) is 3.14. The highest BCUT2D eigenvalue weighted by atomic mass is 16.6. The SMILES string of the molecule is COC1=CC2=NC=NC(=O)C2C=C1[N+](=O)[O-]. The van der Waals surface area contributed by atoms with Gasteiger partial charge in [-0.25, -0.2) is 9.98 Å². The summed E-state index contributed by atoms with van der Waals surface area (Å²) >= 11 is 0. The molecule has 0 saturated carbocycles. The molecule has 82 valence electrons. The summed E-state index contributed by atoms with van der Waals surface area (Å²) in [5.41, 5.74) is 0.166. The Bertz CT molecular complexity index is 487. The van der Waals surface area contributed by atoms with Crippen molar-refractivity contribution in [3.8, 4) is 0 Å². The highest BCUT2D eigenvalue weighted by Crippen LogP contribution is 2.24. The molecular formula is C9H7N3O4. The van der Waals surface area contributed by atoms with Crippen LogP contribution >= 0.6 is 0 Å². The van der Waals surface area contributed by atoms with Gasteiger partial charge in [-0.1, -0.05) is 0 Å². The third-order valence-corrected chi connectivity index (χ3v) is 2.25. The van der Waals surface area contributed by atoms with E-state index in [4.69, 9.17) is 4.74 Å². The van der Waals surface area contributed by atoms with Crippen molar-refractivity contribution in [1.29, 1.82) is 0 Å². The van der Waals surface area contributed by atoms with Crippen LogP contribution < -0.4 is 0 Å². The molecule has 0 aromatic rings. The molecule has 1 heterocycles. The number of hydrogen-bond acceptors (Lipinski definition) is 5. The van der Waals surface area contributed by atoms with Gasteiger partial charge in [-0.05, 0) is 0 Å². The van der Waals surface area contributed by atoms with E-state index in [1.54, 1.807) is 0 Å². The Kier molecular flexibility index (Phi) is 2.35. The zero-order valence-electron chi connectivity index (χ0n) is 8.28. The normalized spacial score (nSPS) is 22.9. The van der Waals surface area contributed by atoms with Gasteiger partial charge < -0.3 is 4.74 Å². The van der Waals surface area contributed by atoms with E-state index in [2.05, 4.69) is 9.98 Å². The minimum Gasteiger partial charge on any atom is -0.490 e. The second kappa shape index (κ2) is 3.69. The Labute approximate surface area is 90.0 Å². The monoisotopic (exact) mass is 221 g/mol. The fourth-order valence-electron chi connectivity index (χ4n) is 1.49. The smallest absolute Gasteiger partial charge is 0.308 e. The summed E-state index contributed by atoms with van der Waals surface area (Å²) in [4.78, 5) is 28.9. The Morgan fingerprint density at radius 2 is 2.31 bits per heavy atom. The summed E-state index contributed by atoms with van der Waals surface area (Å²) in [6.07, 6.45) is 3.71. The van der Waals surface area contributed by atoms with E-state index in [-0.39, 0.29) is 11.5 Å². The van der Waals surface area contributed by atoms with Gasteiger partial charge in [0.05, 0.1) is 17.7 Å². The lowest BCUT2D eigenvalue weighted by atomic mass is 9.94. The van der Waals surface area contributed by atoms with Gasteiger partial charge in [-0.15, -0.1) is 0 Å². The number of nitrogens with zero attached hydrogens (tertiary/aromatic N) is 3. The molecule has 1 unspecified atom stereocenters. The molecule has 7 nitrogen and oxygen atoms in total. The highest BCUT2D eigenvalue weighted by Gasteiger charge is 2.34. The number of ether oxygens (including phenoxy) is 1. The summed E-state index contributed by atoms with van der Waals surface area (Å²) in [5, 5.41) is 10.7. The number of rotatable bonds is 2. The van der Waals surface area contributed by atoms with Crippen LogP contribution in [0.1, 0.15) is 0 Å². The van der Waals surface area contributed by atoms with Crippen LogP contribution in [0.4, 0.5) is 0 Å². The Morgan fingerprint density at radius 1 is 1.56 bits per heavy atom. The first kappa shape index (κ1) is 10.2. The van der Waals surface area contributed by atoms with E-state index in [0.29, 0.717) is 5.71 Å². The van der Waals surface area contributed by atoms with E-state index in [1.807, 2.05) is 0 Å². The molecule has 0 N–H and O–H groups in total. The molecule has 0 spiro atoms. The van der Waals surface area contributed by atoms with Gasteiger partial charge in [0.15, 0.2) is 5.76 Å². The largest absolute Gasteiger partial charge is 0.490 e. The molecule has 0 bridgehead atoms. The second-order valence-electron chi connectivity index (χ2n) is 3.14. The van der Waals surface area contributed by atoms with Gasteiger partial charge in [-0.3, -0.25) is 14.9 Å². The Balaban J connectivity index is 2.48. The number of amides is 1. The Morgan fingerprint density at radius 3 is 2.94 bits per heavy atom. The zero-order valence-corrected chi connectivity index (χ0v) is 8.28. The topological polar surface area (TPSA) is 94.2 Å². The van der Waals surface area contributed by atoms with Gasteiger partial charge >= 0.3 is 5.70 Å². The van der Waals surface area contributed by atoms with Crippen LogP contribution in [0.25, 0.3) is 0 Å². The van der Waals surface area contributed by atoms with Gasteiger partial charge in [-0.2, -0.15) is 0 Å². The number of aliphatic imine (C=N–C) groups is 2. The fraction of sp³-hybridized carbons (Fsp3) is 0.222. The zero-order chi connectivity index (χ0) is 11.7. The van der Waals surface area contributed by atoms with Crippen LogP contribution in [0.5, 0.6) is 0 Å². The maximum Gasteiger partial charge on any atom is 0.308 e. The van der Waals surface area contributed by atoms with E-state index in [1.165, 1.54) is 19.3 Å². The van der Waals surface area contributed by atoms with Crippen molar-refractivity contribution >= 4 is 18.0 Å². The lowest BCUT2D eigenvalue weighted by Gasteiger charge is -2.17. The van der Waals surface area contributed by atoms with E-state index in [9.17, 15) is 14.9 Å². The number of nitro groups is 1. The predicted molar refractivity (Wildman–Crippen MR) is 54.6 cm³/mol. The van der Waals surface area contributed by atoms with Crippen molar-refractivity contribution in [3.63, 3.8) is 0 Å².